The summed E-state index contributed by atoms with van der Waals surface area (Å²) in [5.41, 5.74) is 0.420. The van der Waals surface area contributed by atoms with Crippen molar-refractivity contribution < 1.29 is 22.7 Å². The molecular weight excluding hydrogens is 382 g/mol. The molecule has 10 heteroatoms. The van der Waals surface area contributed by atoms with Gasteiger partial charge in [-0.05, 0) is 19.3 Å². The lowest BCUT2D eigenvalue weighted by atomic mass is 10.1. The molecule has 0 aliphatic carbocycles. The smallest absolute Gasteiger partial charge is 0.262 e. The van der Waals surface area contributed by atoms with Gasteiger partial charge in [0.15, 0.2) is 6.61 Å². The van der Waals surface area contributed by atoms with E-state index in [1.165, 1.54) is 23.5 Å². The first-order chi connectivity index (χ1) is 12.0. The van der Waals surface area contributed by atoms with Crippen molar-refractivity contribution in [1.82, 2.24) is 9.62 Å². The number of carbonyl (C=O) groups is 1. The van der Waals surface area contributed by atoms with Gasteiger partial charge in [0.2, 0.25) is 10.0 Å². The molecule has 144 valence electrons. The average Bonchev–Trinajstić information content (AvgIpc) is 2.91. The van der Waals surface area contributed by atoms with Crippen molar-refractivity contribution in [3.8, 4) is 11.5 Å². The molecule has 0 saturated carbocycles. The van der Waals surface area contributed by atoms with Gasteiger partial charge >= 0.3 is 0 Å². The highest BCUT2D eigenvalue weighted by Crippen LogP contribution is 2.39. The van der Waals surface area contributed by atoms with E-state index < -0.39 is 10.0 Å². The van der Waals surface area contributed by atoms with Gasteiger partial charge < -0.3 is 20.1 Å². The van der Waals surface area contributed by atoms with E-state index in [9.17, 15) is 13.2 Å². The number of amides is 1. The average molecular weight is 404 g/mol. The number of rotatable bonds is 3. The highest BCUT2D eigenvalue weighted by molar-refractivity contribution is 7.89. The molecule has 3 aliphatic rings. The van der Waals surface area contributed by atoms with Crippen molar-refractivity contribution in [1.29, 1.82) is 0 Å². The maximum absolute atomic E-state index is 13.2. The van der Waals surface area contributed by atoms with E-state index in [1.807, 2.05) is 0 Å². The standard InChI is InChI=1S/C16H21N3O5S.ClH/c1-23-14-6-12-13(24-9-16(20)18-12)7-15(14)25(21,22)19-5-4-10-2-3-11(8-19)17-10;/h6-7,10-11,17H,2-5,8-9H2,1H3,(H,18,20);1H. The minimum Gasteiger partial charge on any atom is -0.495 e. The molecule has 2 saturated heterocycles. The summed E-state index contributed by atoms with van der Waals surface area (Å²) in [5, 5.41) is 6.14. The number of ether oxygens (including phenoxy) is 2. The molecule has 26 heavy (non-hydrogen) atoms. The van der Waals surface area contributed by atoms with E-state index in [1.54, 1.807) is 0 Å². The molecule has 2 N–H and O–H groups in total. The summed E-state index contributed by atoms with van der Waals surface area (Å²) >= 11 is 0. The number of methoxy groups -OCH3 is 1. The van der Waals surface area contributed by atoms with Crippen LogP contribution in [0.1, 0.15) is 19.3 Å². The molecule has 4 rings (SSSR count). The second-order valence-corrected chi connectivity index (χ2v) is 8.53. The van der Waals surface area contributed by atoms with Gasteiger partial charge in [0.1, 0.15) is 16.4 Å². The van der Waals surface area contributed by atoms with Gasteiger partial charge in [-0.3, -0.25) is 4.79 Å². The Hall–Kier alpha value is -1.55. The Morgan fingerprint density at radius 3 is 2.77 bits per heavy atom. The second kappa shape index (κ2) is 7.22. The topological polar surface area (TPSA) is 97.0 Å². The minimum atomic E-state index is -3.72. The van der Waals surface area contributed by atoms with E-state index in [2.05, 4.69) is 10.6 Å². The number of nitrogens with one attached hydrogen (secondary N) is 2. The van der Waals surface area contributed by atoms with Crippen LogP contribution in [0.15, 0.2) is 17.0 Å². The van der Waals surface area contributed by atoms with Crippen LogP contribution in [0.2, 0.25) is 0 Å². The zero-order valence-electron chi connectivity index (χ0n) is 14.4. The number of anilines is 1. The number of benzene rings is 1. The van der Waals surface area contributed by atoms with E-state index in [4.69, 9.17) is 9.47 Å². The van der Waals surface area contributed by atoms with Crippen LogP contribution in [0, 0.1) is 0 Å². The van der Waals surface area contributed by atoms with Gasteiger partial charge in [-0.1, -0.05) is 0 Å². The van der Waals surface area contributed by atoms with Crippen LogP contribution in [0.25, 0.3) is 0 Å². The second-order valence-electron chi connectivity index (χ2n) is 6.63. The van der Waals surface area contributed by atoms with Crippen molar-refractivity contribution in [2.45, 2.75) is 36.2 Å². The summed E-state index contributed by atoms with van der Waals surface area (Å²) in [6.45, 7) is 0.807. The van der Waals surface area contributed by atoms with Gasteiger partial charge in [0, 0.05) is 37.3 Å². The lowest BCUT2D eigenvalue weighted by molar-refractivity contribution is -0.118. The third kappa shape index (κ3) is 3.36. The molecule has 3 aliphatic heterocycles. The summed E-state index contributed by atoms with van der Waals surface area (Å²) in [7, 11) is -2.31. The third-order valence-electron chi connectivity index (χ3n) is 5.00. The number of nitrogens with zero attached hydrogens (tertiary/aromatic N) is 1. The molecule has 2 fully saturated rings. The largest absolute Gasteiger partial charge is 0.495 e. The molecule has 0 aromatic heterocycles. The van der Waals surface area contributed by atoms with Crippen LogP contribution in [-0.2, 0) is 14.8 Å². The SMILES string of the molecule is COc1cc2c(cc1S(=O)(=O)N1CCC3CCC(C1)N3)OCC(=O)N2.Cl. The number of fused-ring (bicyclic) bond motifs is 3. The first-order valence-electron chi connectivity index (χ1n) is 8.38. The van der Waals surface area contributed by atoms with Crippen molar-refractivity contribution in [3.05, 3.63) is 12.1 Å². The Kier molecular flexibility index (Phi) is 5.34. The molecule has 8 nitrogen and oxygen atoms in total. The Bertz CT molecular complexity index is 816. The fraction of sp³-hybridized carbons (Fsp3) is 0.562. The molecule has 1 aromatic carbocycles. The molecule has 1 amide bonds. The summed E-state index contributed by atoms with van der Waals surface area (Å²) in [6, 6.07) is 3.54. The Morgan fingerprint density at radius 2 is 2.00 bits per heavy atom. The van der Waals surface area contributed by atoms with Gasteiger partial charge in [-0.2, -0.15) is 4.31 Å². The van der Waals surface area contributed by atoms with E-state index in [0.29, 0.717) is 30.6 Å². The van der Waals surface area contributed by atoms with Crippen molar-refractivity contribution in [2.24, 2.45) is 0 Å². The predicted octanol–water partition coefficient (Wildman–Crippen LogP) is 0.963. The summed E-state index contributed by atoms with van der Waals surface area (Å²) in [6.07, 6.45) is 2.90. The number of halogens is 1. The van der Waals surface area contributed by atoms with Gasteiger partial charge in [0.05, 0.1) is 12.8 Å². The van der Waals surface area contributed by atoms with E-state index in [0.717, 1.165) is 19.3 Å². The van der Waals surface area contributed by atoms with Gasteiger partial charge in [0.25, 0.3) is 5.91 Å². The molecule has 2 atom stereocenters. The Labute approximate surface area is 158 Å². The summed E-state index contributed by atoms with van der Waals surface area (Å²) in [5.74, 6) is 0.264. The monoisotopic (exact) mass is 403 g/mol. The van der Waals surface area contributed by atoms with Crippen LogP contribution in [0.3, 0.4) is 0 Å². The molecule has 2 bridgehead atoms. The third-order valence-corrected chi connectivity index (χ3v) is 6.89. The van der Waals surface area contributed by atoms with E-state index >= 15 is 0 Å². The predicted molar refractivity (Wildman–Crippen MR) is 97.7 cm³/mol. The quantitative estimate of drug-likeness (QED) is 0.780. The summed E-state index contributed by atoms with van der Waals surface area (Å²) < 4.78 is 38.6. The number of sulfonamides is 1. The molecular formula is C16H22ClN3O5S. The highest BCUT2D eigenvalue weighted by Gasteiger charge is 2.37. The minimum absolute atomic E-state index is 0. The number of hydrogen-bond acceptors (Lipinski definition) is 6. The molecule has 3 heterocycles. The van der Waals surface area contributed by atoms with Crippen LogP contribution in [0.5, 0.6) is 11.5 Å². The van der Waals surface area contributed by atoms with Crippen LogP contribution < -0.4 is 20.1 Å². The normalized spacial score (nSPS) is 25.3. The number of hydrogen-bond donors (Lipinski definition) is 2. The Balaban J connectivity index is 0.00000196. The molecule has 2 unspecified atom stereocenters. The van der Waals surface area contributed by atoms with Crippen molar-refractivity contribution in [3.63, 3.8) is 0 Å². The van der Waals surface area contributed by atoms with Crippen LogP contribution in [-0.4, -0.2) is 57.5 Å². The molecule has 0 radical (unpaired) electrons. The zero-order chi connectivity index (χ0) is 17.6. The molecule has 0 spiro atoms. The van der Waals surface area contributed by atoms with Gasteiger partial charge in [-0.15, -0.1) is 12.4 Å². The summed E-state index contributed by atoms with van der Waals surface area (Å²) in [4.78, 5) is 11.5. The number of carbonyl (C=O) groups excluding carboxylic acids is 1. The first-order valence-corrected chi connectivity index (χ1v) is 9.82. The van der Waals surface area contributed by atoms with E-state index in [-0.39, 0.29) is 41.6 Å². The maximum atomic E-state index is 13.2. The van der Waals surface area contributed by atoms with Gasteiger partial charge in [-0.25, -0.2) is 8.42 Å². The lowest BCUT2D eigenvalue weighted by Crippen LogP contribution is -2.39. The van der Waals surface area contributed by atoms with Crippen LogP contribution in [0.4, 0.5) is 5.69 Å². The lowest BCUT2D eigenvalue weighted by Gasteiger charge is -2.26. The molecule has 1 aromatic rings. The maximum Gasteiger partial charge on any atom is 0.262 e. The van der Waals surface area contributed by atoms with Crippen molar-refractivity contribution >= 4 is 34.0 Å². The fourth-order valence-corrected chi connectivity index (χ4v) is 5.37. The zero-order valence-corrected chi connectivity index (χ0v) is 16.0. The Morgan fingerprint density at radius 1 is 1.23 bits per heavy atom. The van der Waals surface area contributed by atoms with Crippen LogP contribution >= 0.6 is 12.4 Å². The highest BCUT2D eigenvalue weighted by atomic mass is 35.5. The fourth-order valence-electron chi connectivity index (χ4n) is 3.72. The first kappa shape index (κ1) is 19.2. The van der Waals surface area contributed by atoms with Crippen molar-refractivity contribution in [2.75, 3.05) is 32.1 Å².